The summed E-state index contributed by atoms with van der Waals surface area (Å²) in [6, 6.07) is 4.22. The number of ether oxygens (including phenoxy) is 1. The second kappa shape index (κ2) is 10.7. The first-order valence-electron chi connectivity index (χ1n) is 12.2. The molecule has 4 rings (SSSR count). The molecule has 0 bridgehead atoms. The molecule has 2 aliphatic heterocycles. The van der Waals surface area contributed by atoms with Gasteiger partial charge in [0, 0.05) is 44.9 Å². The van der Waals surface area contributed by atoms with Crippen molar-refractivity contribution in [3.8, 4) is 0 Å². The quantitative estimate of drug-likeness (QED) is 0.472. The molecule has 1 aromatic rings. The lowest BCUT2D eigenvalue weighted by molar-refractivity contribution is -0.384. The maximum atomic E-state index is 12.9. The molecule has 1 atom stereocenters. The number of hydrogen-bond donors (Lipinski definition) is 1. The molecule has 3 fully saturated rings. The number of sulfonamides is 1. The van der Waals surface area contributed by atoms with Crippen LogP contribution in [0.2, 0.25) is 0 Å². The van der Waals surface area contributed by atoms with Crippen LogP contribution in [0, 0.1) is 16.0 Å². The van der Waals surface area contributed by atoms with E-state index in [1.165, 1.54) is 12.1 Å². The van der Waals surface area contributed by atoms with Crippen molar-refractivity contribution in [3.05, 3.63) is 28.3 Å². The van der Waals surface area contributed by atoms with Crippen molar-refractivity contribution in [2.75, 3.05) is 44.2 Å². The van der Waals surface area contributed by atoms with Crippen LogP contribution in [0.25, 0.3) is 0 Å². The first-order valence-corrected chi connectivity index (χ1v) is 13.7. The maximum Gasteiger partial charge on any atom is 0.293 e. The van der Waals surface area contributed by atoms with E-state index in [0.29, 0.717) is 24.7 Å². The third-order valence-corrected chi connectivity index (χ3v) is 8.72. The monoisotopic (exact) mass is 480 g/mol. The zero-order valence-electron chi connectivity index (χ0n) is 19.4. The van der Waals surface area contributed by atoms with Crippen LogP contribution < -0.4 is 9.62 Å². The van der Waals surface area contributed by atoms with E-state index in [-0.39, 0.29) is 22.7 Å². The summed E-state index contributed by atoms with van der Waals surface area (Å²) in [5.74, 6) is 0.612. The van der Waals surface area contributed by atoms with Gasteiger partial charge in [-0.3, -0.25) is 15.0 Å². The Hall–Kier alpha value is -1.75. The molecule has 0 amide bonds. The Morgan fingerprint density at radius 1 is 1.09 bits per heavy atom. The van der Waals surface area contributed by atoms with Gasteiger partial charge in [-0.15, -0.1) is 0 Å². The Kier molecular flexibility index (Phi) is 7.88. The molecule has 33 heavy (non-hydrogen) atoms. The van der Waals surface area contributed by atoms with Gasteiger partial charge < -0.3 is 9.64 Å². The van der Waals surface area contributed by atoms with E-state index in [1.807, 2.05) is 4.90 Å². The summed E-state index contributed by atoms with van der Waals surface area (Å²) >= 11 is 0. The summed E-state index contributed by atoms with van der Waals surface area (Å²) in [5.41, 5.74) is 0.340. The lowest BCUT2D eigenvalue weighted by Gasteiger charge is -2.27. The fourth-order valence-electron chi connectivity index (χ4n) is 5.22. The zero-order valence-corrected chi connectivity index (χ0v) is 20.3. The van der Waals surface area contributed by atoms with E-state index in [0.717, 1.165) is 71.2 Å². The van der Waals surface area contributed by atoms with Gasteiger partial charge >= 0.3 is 0 Å². The fraction of sp³-hybridized carbons (Fsp3) is 0.739. The van der Waals surface area contributed by atoms with E-state index < -0.39 is 14.9 Å². The largest absolute Gasteiger partial charge is 0.377 e. The van der Waals surface area contributed by atoms with Crippen LogP contribution in [0.4, 0.5) is 11.4 Å². The lowest BCUT2D eigenvalue weighted by Crippen LogP contribution is -2.37. The molecule has 1 saturated carbocycles. The van der Waals surface area contributed by atoms with E-state index in [2.05, 4.69) is 16.5 Å². The predicted molar refractivity (Wildman–Crippen MR) is 127 cm³/mol. The molecular formula is C23H36N4O5S. The van der Waals surface area contributed by atoms with Crippen molar-refractivity contribution in [1.29, 1.82) is 0 Å². The van der Waals surface area contributed by atoms with Gasteiger partial charge in [0.2, 0.25) is 10.0 Å². The smallest absolute Gasteiger partial charge is 0.293 e. The second-order valence-corrected chi connectivity index (χ2v) is 11.5. The van der Waals surface area contributed by atoms with Crippen molar-refractivity contribution in [3.63, 3.8) is 0 Å². The van der Waals surface area contributed by atoms with Crippen molar-refractivity contribution in [2.24, 2.45) is 5.92 Å². The summed E-state index contributed by atoms with van der Waals surface area (Å²) in [6.45, 7) is 7.02. The molecule has 1 aromatic carbocycles. The van der Waals surface area contributed by atoms with Crippen LogP contribution in [0.1, 0.15) is 51.9 Å². The summed E-state index contributed by atoms with van der Waals surface area (Å²) in [7, 11) is -3.81. The summed E-state index contributed by atoms with van der Waals surface area (Å²) in [4.78, 5) is 15.8. The molecule has 1 unspecified atom stereocenters. The molecule has 0 radical (unpaired) electrons. The fourth-order valence-corrected chi connectivity index (χ4v) is 6.54. The van der Waals surface area contributed by atoms with Crippen LogP contribution in [0.5, 0.6) is 0 Å². The lowest BCUT2D eigenvalue weighted by atomic mass is 9.88. The van der Waals surface area contributed by atoms with Crippen LogP contribution in [-0.4, -0.2) is 69.7 Å². The first-order chi connectivity index (χ1) is 15.8. The number of nitrogens with one attached hydrogen (secondary N) is 1. The average Bonchev–Trinajstić information content (AvgIpc) is 3.19. The third kappa shape index (κ3) is 6.23. The van der Waals surface area contributed by atoms with Crippen LogP contribution in [0.3, 0.4) is 0 Å². The molecule has 184 valence electrons. The minimum absolute atomic E-state index is 0.0357. The predicted octanol–water partition coefficient (Wildman–Crippen LogP) is 3.14. The van der Waals surface area contributed by atoms with E-state index in [4.69, 9.17) is 4.74 Å². The maximum absolute atomic E-state index is 12.9. The molecule has 2 heterocycles. The number of benzene rings is 1. The Bertz CT molecular complexity index is 927. The third-order valence-electron chi connectivity index (χ3n) is 7.21. The molecule has 9 nitrogen and oxygen atoms in total. The van der Waals surface area contributed by atoms with E-state index in [1.54, 1.807) is 6.07 Å². The van der Waals surface area contributed by atoms with Crippen LogP contribution >= 0.6 is 0 Å². The highest BCUT2D eigenvalue weighted by atomic mass is 32.2. The van der Waals surface area contributed by atoms with Gasteiger partial charge in [0.25, 0.3) is 5.69 Å². The van der Waals surface area contributed by atoms with Gasteiger partial charge in [-0.1, -0.05) is 6.92 Å². The van der Waals surface area contributed by atoms with Gasteiger partial charge in [-0.05, 0) is 69.5 Å². The second-order valence-electron chi connectivity index (χ2n) is 9.76. The van der Waals surface area contributed by atoms with Gasteiger partial charge in [-0.2, -0.15) is 0 Å². The van der Waals surface area contributed by atoms with Crippen LogP contribution in [-0.2, 0) is 14.8 Å². The normalized spacial score (nSPS) is 27.4. The Morgan fingerprint density at radius 3 is 2.58 bits per heavy atom. The van der Waals surface area contributed by atoms with Crippen molar-refractivity contribution in [1.82, 2.24) is 9.62 Å². The summed E-state index contributed by atoms with van der Waals surface area (Å²) < 4.78 is 34.4. The number of nitrogens with zero attached hydrogens (tertiary/aromatic N) is 3. The highest BCUT2D eigenvalue weighted by Gasteiger charge is 2.29. The minimum Gasteiger partial charge on any atom is -0.377 e. The Labute approximate surface area is 196 Å². The van der Waals surface area contributed by atoms with Gasteiger partial charge in [0.05, 0.1) is 15.9 Å². The Balaban J connectivity index is 1.46. The van der Waals surface area contributed by atoms with Crippen molar-refractivity contribution >= 4 is 21.4 Å². The first kappa shape index (κ1) is 24.4. The Morgan fingerprint density at radius 2 is 1.88 bits per heavy atom. The van der Waals surface area contributed by atoms with Gasteiger partial charge in [0.1, 0.15) is 5.69 Å². The minimum atomic E-state index is -3.81. The van der Waals surface area contributed by atoms with Crippen LogP contribution in [0.15, 0.2) is 23.1 Å². The molecule has 0 aromatic heterocycles. The number of nitro groups is 1. The number of anilines is 1. The van der Waals surface area contributed by atoms with Crippen molar-refractivity contribution in [2.45, 2.75) is 68.9 Å². The van der Waals surface area contributed by atoms with E-state index in [9.17, 15) is 18.5 Å². The molecule has 0 spiro atoms. The molecule has 10 heteroatoms. The highest BCUT2D eigenvalue weighted by Crippen LogP contribution is 2.32. The molecule has 1 aliphatic carbocycles. The zero-order chi connectivity index (χ0) is 23.4. The van der Waals surface area contributed by atoms with Gasteiger partial charge in [-0.25, -0.2) is 13.1 Å². The molecule has 3 aliphatic rings. The summed E-state index contributed by atoms with van der Waals surface area (Å²) in [5, 5.41) is 11.9. The average molecular weight is 481 g/mol. The SMILES string of the molecule is CC1CCC(NS(=O)(=O)c2ccc(N3CCCN(CC4CCCO4)CC3)c([N+](=O)[O-])c2)CC1. The highest BCUT2D eigenvalue weighted by molar-refractivity contribution is 7.89. The van der Waals surface area contributed by atoms with Crippen molar-refractivity contribution < 1.29 is 18.1 Å². The molecule has 2 saturated heterocycles. The standard InChI is InChI=1S/C23H36N4O5S/c1-18-5-7-19(8-6-18)24-33(30,31)21-9-10-22(23(16-21)27(28)29)26-12-3-11-25(13-14-26)17-20-4-2-15-32-20/h9-10,16,18-20,24H,2-8,11-15,17H2,1H3. The number of rotatable bonds is 7. The number of nitro benzene ring substituents is 1. The topological polar surface area (TPSA) is 105 Å². The van der Waals surface area contributed by atoms with Gasteiger partial charge in [0.15, 0.2) is 0 Å². The van der Waals surface area contributed by atoms with E-state index >= 15 is 0 Å². The number of hydrogen-bond acceptors (Lipinski definition) is 7. The molecule has 1 N–H and O–H groups in total. The molecular weight excluding hydrogens is 444 g/mol. The summed E-state index contributed by atoms with van der Waals surface area (Å²) in [6.07, 6.45) is 6.97.